The van der Waals surface area contributed by atoms with Gasteiger partial charge in [-0.1, -0.05) is 51.9 Å². The Balaban J connectivity index is 3.14. The molecule has 0 radical (unpaired) electrons. The van der Waals surface area contributed by atoms with Crippen LogP contribution in [0.2, 0.25) is 0 Å². The van der Waals surface area contributed by atoms with E-state index in [-0.39, 0.29) is 0 Å². The van der Waals surface area contributed by atoms with Crippen molar-refractivity contribution in [3.63, 3.8) is 0 Å². The Hall–Kier alpha value is 0.250. The van der Waals surface area contributed by atoms with Gasteiger partial charge in [0.2, 0.25) is 0 Å². The van der Waals surface area contributed by atoms with Gasteiger partial charge in [0.15, 0.2) is 0 Å². The Labute approximate surface area is 108 Å². The van der Waals surface area contributed by atoms with Crippen molar-refractivity contribution in [1.29, 1.82) is 0 Å². The number of rotatable bonds is 11. The molecule has 1 nitrogen and oxygen atoms in total. The summed E-state index contributed by atoms with van der Waals surface area (Å²) in [6, 6.07) is 0.520. The van der Waals surface area contributed by atoms with Crippen LogP contribution in [0.5, 0.6) is 0 Å². The van der Waals surface area contributed by atoms with Crippen LogP contribution in [-0.2, 0) is 0 Å². The van der Waals surface area contributed by atoms with Crippen LogP contribution in [0.3, 0.4) is 0 Å². The molecule has 0 bridgehead atoms. The van der Waals surface area contributed by atoms with Crippen LogP contribution in [0.1, 0.15) is 65.2 Å². The molecule has 0 aromatic carbocycles. The Bertz CT molecular complexity index is 139. The van der Waals surface area contributed by atoms with Crippen LogP contribution in [0.25, 0.3) is 0 Å². The lowest BCUT2D eigenvalue weighted by molar-refractivity contribution is 0.269. The van der Waals surface area contributed by atoms with E-state index in [2.05, 4.69) is 25.8 Å². The van der Waals surface area contributed by atoms with Crippen molar-refractivity contribution < 1.29 is 0 Å². The molecule has 0 fully saturated rings. The number of alkyl halides is 1. The monoisotopic (exact) mass is 247 g/mol. The molecule has 0 rings (SSSR count). The molecule has 0 saturated heterocycles. The van der Waals surface area contributed by atoms with Crippen LogP contribution in [0.4, 0.5) is 0 Å². The fraction of sp³-hybridized carbons (Fsp3) is 1.00. The molecule has 1 atom stereocenters. The first-order valence-electron chi connectivity index (χ1n) is 6.98. The zero-order valence-electron chi connectivity index (χ0n) is 11.5. The Morgan fingerprint density at radius 1 is 0.938 bits per heavy atom. The fourth-order valence-corrected chi connectivity index (χ4v) is 2.07. The van der Waals surface area contributed by atoms with Crippen molar-refractivity contribution in [3.8, 4) is 0 Å². The van der Waals surface area contributed by atoms with Crippen LogP contribution in [-0.4, -0.2) is 30.4 Å². The van der Waals surface area contributed by atoms with Crippen molar-refractivity contribution in [2.45, 2.75) is 71.3 Å². The summed E-state index contributed by atoms with van der Waals surface area (Å²) in [6.07, 6.45) is 11.2. The highest BCUT2D eigenvalue weighted by molar-refractivity contribution is 6.18. The third-order valence-corrected chi connectivity index (χ3v) is 3.79. The summed E-state index contributed by atoms with van der Waals surface area (Å²) in [5.74, 6) is 0.744. The average Bonchev–Trinajstić information content (AvgIpc) is 2.31. The first-order valence-corrected chi connectivity index (χ1v) is 7.52. The van der Waals surface area contributed by atoms with Crippen molar-refractivity contribution in [2.24, 2.45) is 0 Å². The van der Waals surface area contributed by atoms with E-state index in [1.165, 1.54) is 57.9 Å². The Morgan fingerprint density at radius 3 is 1.94 bits per heavy atom. The van der Waals surface area contributed by atoms with E-state index in [0.29, 0.717) is 6.04 Å². The highest BCUT2D eigenvalue weighted by Gasteiger charge is 2.05. The molecule has 0 saturated carbocycles. The van der Waals surface area contributed by atoms with E-state index in [1.807, 2.05) is 0 Å². The smallest absolute Gasteiger partial charge is 0.0376 e. The topological polar surface area (TPSA) is 3.24 Å². The van der Waals surface area contributed by atoms with E-state index in [4.69, 9.17) is 11.6 Å². The van der Waals surface area contributed by atoms with E-state index in [9.17, 15) is 0 Å². The summed E-state index contributed by atoms with van der Waals surface area (Å²) in [7, 11) is 2.17. The summed E-state index contributed by atoms with van der Waals surface area (Å²) < 4.78 is 0. The second kappa shape index (κ2) is 11.7. The van der Waals surface area contributed by atoms with Crippen LogP contribution < -0.4 is 0 Å². The maximum Gasteiger partial charge on any atom is 0.0376 e. The van der Waals surface area contributed by atoms with E-state index >= 15 is 0 Å². The fourth-order valence-electron chi connectivity index (χ4n) is 1.83. The number of nitrogens with zero attached hydrogens (tertiary/aromatic N) is 1. The number of unbranched alkanes of at least 4 members (excludes halogenated alkanes) is 7. The van der Waals surface area contributed by atoms with Gasteiger partial charge < -0.3 is 4.90 Å². The second-order valence-corrected chi connectivity index (χ2v) is 5.27. The minimum atomic E-state index is 0.520. The normalized spacial score (nSPS) is 13.3. The minimum Gasteiger partial charge on any atom is -0.303 e. The predicted octanol–water partition coefficient (Wildman–Crippen LogP) is 4.69. The number of hydrogen-bond donors (Lipinski definition) is 0. The van der Waals surface area contributed by atoms with Gasteiger partial charge in [-0.2, -0.15) is 0 Å². The highest BCUT2D eigenvalue weighted by atomic mass is 35.5. The molecular formula is C14H30ClN. The number of hydrogen-bond acceptors (Lipinski definition) is 1. The highest BCUT2D eigenvalue weighted by Crippen LogP contribution is 2.09. The Morgan fingerprint density at radius 2 is 1.44 bits per heavy atom. The molecule has 2 heteroatoms. The molecule has 0 aliphatic rings. The molecule has 16 heavy (non-hydrogen) atoms. The van der Waals surface area contributed by atoms with Crippen molar-refractivity contribution in [2.75, 3.05) is 19.5 Å². The summed E-state index contributed by atoms with van der Waals surface area (Å²) in [4.78, 5) is 2.37. The van der Waals surface area contributed by atoms with Gasteiger partial charge in [-0.15, -0.1) is 11.6 Å². The van der Waals surface area contributed by atoms with Gasteiger partial charge in [-0.25, -0.2) is 0 Å². The van der Waals surface area contributed by atoms with Gasteiger partial charge >= 0.3 is 0 Å². The maximum atomic E-state index is 5.82. The van der Waals surface area contributed by atoms with Crippen molar-refractivity contribution >= 4 is 11.6 Å². The van der Waals surface area contributed by atoms with Gasteiger partial charge in [0.25, 0.3) is 0 Å². The zero-order chi connectivity index (χ0) is 12.2. The molecule has 0 aromatic rings. The molecule has 0 aliphatic carbocycles. The standard InChI is InChI=1S/C14H30ClN/c1-4-5-6-7-8-9-10-11-12-16(3)14(2)13-15/h14H,4-13H2,1-3H3. The third kappa shape index (κ3) is 9.47. The van der Waals surface area contributed by atoms with Gasteiger partial charge in [0, 0.05) is 11.9 Å². The summed E-state index contributed by atoms with van der Waals surface area (Å²) >= 11 is 5.82. The van der Waals surface area contributed by atoms with Crippen LogP contribution in [0.15, 0.2) is 0 Å². The van der Waals surface area contributed by atoms with Gasteiger partial charge in [0.05, 0.1) is 0 Å². The SMILES string of the molecule is CCCCCCCCCCN(C)C(C)CCl. The van der Waals surface area contributed by atoms with Crippen LogP contribution >= 0.6 is 11.6 Å². The third-order valence-electron chi connectivity index (χ3n) is 3.34. The minimum absolute atomic E-state index is 0.520. The summed E-state index contributed by atoms with van der Waals surface area (Å²) in [5, 5.41) is 0. The molecule has 0 aromatic heterocycles. The molecule has 1 unspecified atom stereocenters. The summed E-state index contributed by atoms with van der Waals surface area (Å²) in [5.41, 5.74) is 0. The van der Waals surface area contributed by atoms with Crippen molar-refractivity contribution in [3.05, 3.63) is 0 Å². The van der Waals surface area contributed by atoms with Gasteiger partial charge in [-0.3, -0.25) is 0 Å². The molecule has 0 heterocycles. The largest absolute Gasteiger partial charge is 0.303 e. The molecule has 0 aliphatic heterocycles. The second-order valence-electron chi connectivity index (χ2n) is 4.96. The van der Waals surface area contributed by atoms with Gasteiger partial charge in [-0.05, 0) is 26.9 Å². The predicted molar refractivity (Wildman–Crippen MR) is 75.4 cm³/mol. The molecule has 0 spiro atoms. The lowest BCUT2D eigenvalue weighted by atomic mass is 10.1. The Kier molecular flexibility index (Phi) is 11.9. The lowest BCUT2D eigenvalue weighted by Gasteiger charge is -2.22. The van der Waals surface area contributed by atoms with E-state index in [0.717, 1.165) is 5.88 Å². The maximum absolute atomic E-state index is 5.82. The van der Waals surface area contributed by atoms with Gasteiger partial charge in [0.1, 0.15) is 0 Å². The lowest BCUT2D eigenvalue weighted by Crippen LogP contribution is -2.31. The molecular weight excluding hydrogens is 218 g/mol. The van der Waals surface area contributed by atoms with Crippen molar-refractivity contribution in [1.82, 2.24) is 4.90 Å². The first kappa shape index (κ1) is 16.2. The molecule has 0 N–H and O–H groups in total. The quantitative estimate of drug-likeness (QED) is 0.378. The molecule has 98 valence electrons. The van der Waals surface area contributed by atoms with E-state index in [1.54, 1.807) is 0 Å². The first-order chi connectivity index (χ1) is 7.72. The summed E-state index contributed by atoms with van der Waals surface area (Å²) in [6.45, 7) is 5.66. The van der Waals surface area contributed by atoms with Crippen LogP contribution in [0, 0.1) is 0 Å². The zero-order valence-corrected chi connectivity index (χ0v) is 12.2. The molecule has 0 amide bonds. The average molecular weight is 248 g/mol. The number of halogens is 1. The van der Waals surface area contributed by atoms with E-state index < -0.39 is 0 Å².